The second kappa shape index (κ2) is 5.64. The molecule has 0 aromatic carbocycles. The fourth-order valence-corrected chi connectivity index (χ4v) is 2.84. The van der Waals surface area contributed by atoms with Crippen LogP contribution in [0.1, 0.15) is 44.9 Å². The lowest BCUT2D eigenvalue weighted by molar-refractivity contribution is -0.138. The van der Waals surface area contributed by atoms with Gasteiger partial charge in [-0.25, -0.2) is 5.48 Å². The molecule has 1 saturated heterocycles. The Hall–Kier alpha value is -0.610. The second-order valence-electron chi connectivity index (χ2n) is 5.06. The quantitative estimate of drug-likeness (QED) is 0.702. The highest BCUT2D eigenvalue weighted by molar-refractivity contribution is 5.79. The molecule has 92 valence electrons. The van der Waals surface area contributed by atoms with Gasteiger partial charge >= 0.3 is 0 Å². The van der Waals surface area contributed by atoms with E-state index in [1.54, 1.807) is 0 Å². The van der Waals surface area contributed by atoms with E-state index in [2.05, 4.69) is 5.48 Å². The van der Waals surface area contributed by atoms with Crippen molar-refractivity contribution >= 4 is 5.91 Å². The number of amides is 1. The lowest BCUT2D eigenvalue weighted by atomic mass is 9.87. The molecule has 0 aromatic rings. The summed E-state index contributed by atoms with van der Waals surface area (Å²) in [5.74, 6) is 0.642. The van der Waals surface area contributed by atoms with Crippen LogP contribution in [-0.4, -0.2) is 35.1 Å². The van der Waals surface area contributed by atoms with Gasteiger partial charge in [-0.2, -0.15) is 0 Å². The van der Waals surface area contributed by atoms with E-state index in [1.165, 1.54) is 19.3 Å². The van der Waals surface area contributed by atoms with Crippen LogP contribution in [0.15, 0.2) is 0 Å². The number of nitrogens with one attached hydrogen (secondary N) is 1. The molecule has 0 atom stereocenters. The zero-order chi connectivity index (χ0) is 11.4. The average Bonchev–Trinajstić information content (AvgIpc) is 2.39. The molecule has 0 aromatic heterocycles. The van der Waals surface area contributed by atoms with Gasteiger partial charge in [0, 0.05) is 25.0 Å². The minimum Gasteiger partial charge on any atom is -0.342 e. The Bertz CT molecular complexity index is 231. The summed E-state index contributed by atoms with van der Waals surface area (Å²) in [6, 6.07) is 0.176. The van der Waals surface area contributed by atoms with Gasteiger partial charge in [-0.15, -0.1) is 0 Å². The van der Waals surface area contributed by atoms with E-state index in [4.69, 9.17) is 5.21 Å². The fourth-order valence-electron chi connectivity index (χ4n) is 2.84. The first kappa shape index (κ1) is 11.9. The van der Waals surface area contributed by atoms with Crippen LogP contribution in [0.3, 0.4) is 0 Å². The van der Waals surface area contributed by atoms with E-state index < -0.39 is 0 Å². The number of hydrogen-bond acceptors (Lipinski definition) is 3. The van der Waals surface area contributed by atoms with Gasteiger partial charge in [0.1, 0.15) is 0 Å². The van der Waals surface area contributed by atoms with Crippen LogP contribution < -0.4 is 5.48 Å². The van der Waals surface area contributed by atoms with Crippen molar-refractivity contribution < 1.29 is 10.0 Å². The van der Waals surface area contributed by atoms with E-state index >= 15 is 0 Å². The Morgan fingerprint density at radius 2 is 1.69 bits per heavy atom. The first-order valence-corrected chi connectivity index (χ1v) is 6.49. The third-order valence-corrected chi connectivity index (χ3v) is 3.94. The molecule has 1 saturated carbocycles. The summed E-state index contributed by atoms with van der Waals surface area (Å²) in [6.07, 6.45) is 7.62. The van der Waals surface area contributed by atoms with Crippen molar-refractivity contribution in [2.75, 3.05) is 13.1 Å². The van der Waals surface area contributed by atoms with E-state index in [0.29, 0.717) is 5.91 Å². The van der Waals surface area contributed by atoms with Gasteiger partial charge in [0.05, 0.1) is 0 Å². The number of hydrogen-bond donors (Lipinski definition) is 2. The van der Waals surface area contributed by atoms with Gasteiger partial charge in [-0.1, -0.05) is 19.3 Å². The molecule has 0 bridgehead atoms. The molecule has 1 amide bonds. The molecule has 2 N–H and O–H groups in total. The summed E-state index contributed by atoms with van der Waals surface area (Å²) in [5, 5.41) is 8.81. The van der Waals surface area contributed by atoms with Gasteiger partial charge in [-0.05, 0) is 25.7 Å². The van der Waals surface area contributed by atoms with E-state index in [-0.39, 0.29) is 12.0 Å². The maximum absolute atomic E-state index is 12.2. The topological polar surface area (TPSA) is 52.6 Å². The molecule has 1 aliphatic heterocycles. The van der Waals surface area contributed by atoms with Crippen molar-refractivity contribution in [2.45, 2.75) is 51.0 Å². The van der Waals surface area contributed by atoms with Crippen molar-refractivity contribution in [1.29, 1.82) is 0 Å². The van der Waals surface area contributed by atoms with Crippen molar-refractivity contribution in [2.24, 2.45) is 5.92 Å². The lowest BCUT2D eigenvalue weighted by Gasteiger charge is -2.34. The summed E-state index contributed by atoms with van der Waals surface area (Å²) < 4.78 is 0. The molecule has 2 fully saturated rings. The monoisotopic (exact) mass is 226 g/mol. The SMILES string of the molecule is O=C(C1CCCCC1)N1CCC(NO)CC1. The van der Waals surface area contributed by atoms with Gasteiger partial charge < -0.3 is 10.1 Å². The predicted octanol–water partition coefficient (Wildman–Crippen LogP) is 1.54. The van der Waals surface area contributed by atoms with E-state index in [0.717, 1.165) is 38.8 Å². The number of nitrogens with zero attached hydrogens (tertiary/aromatic N) is 1. The second-order valence-corrected chi connectivity index (χ2v) is 5.06. The summed E-state index contributed by atoms with van der Waals surface area (Å²) in [5.41, 5.74) is 2.30. The number of piperidine rings is 1. The van der Waals surface area contributed by atoms with Crippen LogP contribution >= 0.6 is 0 Å². The Morgan fingerprint density at radius 1 is 1.06 bits per heavy atom. The summed E-state index contributed by atoms with van der Waals surface area (Å²) in [6.45, 7) is 1.60. The largest absolute Gasteiger partial charge is 0.342 e. The van der Waals surface area contributed by atoms with Gasteiger partial charge in [0.25, 0.3) is 0 Å². The molecule has 16 heavy (non-hydrogen) atoms. The van der Waals surface area contributed by atoms with Crippen LogP contribution in [0.4, 0.5) is 0 Å². The minimum absolute atomic E-state index is 0.176. The molecule has 0 unspecified atom stereocenters. The number of rotatable bonds is 2. The standard InChI is InChI=1S/C12H22N2O2/c15-12(10-4-2-1-3-5-10)14-8-6-11(13-16)7-9-14/h10-11,13,16H,1-9H2. The molecular formula is C12H22N2O2. The van der Waals surface area contributed by atoms with Gasteiger partial charge in [0.2, 0.25) is 5.91 Å². The van der Waals surface area contributed by atoms with Crippen LogP contribution in [0, 0.1) is 5.92 Å². The number of likely N-dealkylation sites (tertiary alicyclic amines) is 1. The van der Waals surface area contributed by atoms with Gasteiger partial charge in [-0.3, -0.25) is 4.79 Å². The zero-order valence-corrected chi connectivity index (χ0v) is 9.82. The third-order valence-electron chi connectivity index (χ3n) is 3.94. The summed E-state index contributed by atoms with van der Waals surface area (Å²) >= 11 is 0. The molecule has 2 aliphatic rings. The highest BCUT2D eigenvalue weighted by Gasteiger charge is 2.28. The average molecular weight is 226 g/mol. The zero-order valence-electron chi connectivity index (χ0n) is 9.82. The van der Waals surface area contributed by atoms with Crippen molar-refractivity contribution in [3.8, 4) is 0 Å². The highest BCUT2D eigenvalue weighted by Crippen LogP contribution is 2.26. The summed E-state index contributed by atoms with van der Waals surface area (Å²) in [7, 11) is 0. The Morgan fingerprint density at radius 3 is 2.25 bits per heavy atom. The van der Waals surface area contributed by atoms with Crippen LogP contribution in [-0.2, 0) is 4.79 Å². The van der Waals surface area contributed by atoms with E-state index in [9.17, 15) is 4.79 Å². The molecule has 0 spiro atoms. The fraction of sp³-hybridized carbons (Fsp3) is 0.917. The Kier molecular flexibility index (Phi) is 4.18. The normalized spacial score (nSPS) is 24.7. The number of carbonyl (C=O) groups is 1. The summed E-state index contributed by atoms with van der Waals surface area (Å²) in [4.78, 5) is 14.2. The van der Waals surface area contributed by atoms with Crippen LogP contribution in [0.25, 0.3) is 0 Å². The van der Waals surface area contributed by atoms with Crippen molar-refractivity contribution in [3.63, 3.8) is 0 Å². The first-order valence-electron chi connectivity index (χ1n) is 6.49. The maximum atomic E-state index is 12.2. The first-order chi connectivity index (χ1) is 7.81. The Balaban J connectivity index is 1.81. The molecular weight excluding hydrogens is 204 g/mol. The van der Waals surface area contributed by atoms with Crippen molar-refractivity contribution in [1.82, 2.24) is 10.4 Å². The maximum Gasteiger partial charge on any atom is 0.225 e. The molecule has 4 heteroatoms. The number of hydroxylamine groups is 1. The Labute approximate surface area is 97.0 Å². The lowest BCUT2D eigenvalue weighted by Crippen LogP contribution is -2.46. The van der Waals surface area contributed by atoms with Gasteiger partial charge in [0.15, 0.2) is 0 Å². The van der Waals surface area contributed by atoms with E-state index in [1.807, 2.05) is 4.90 Å². The molecule has 1 aliphatic carbocycles. The van der Waals surface area contributed by atoms with Crippen LogP contribution in [0.5, 0.6) is 0 Å². The van der Waals surface area contributed by atoms with Crippen molar-refractivity contribution in [3.05, 3.63) is 0 Å². The molecule has 1 heterocycles. The number of carbonyl (C=O) groups excluding carboxylic acids is 1. The predicted molar refractivity (Wildman–Crippen MR) is 61.1 cm³/mol. The molecule has 2 rings (SSSR count). The molecule has 4 nitrogen and oxygen atoms in total. The smallest absolute Gasteiger partial charge is 0.225 e. The highest BCUT2D eigenvalue weighted by atomic mass is 16.5. The molecule has 0 radical (unpaired) electrons. The minimum atomic E-state index is 0.176. The van der Waals surface area contributed by atoms with Crippen LogP contribution in [0.2, 0.25) is 0 Å². The third kappa shape index (κ3) is 2.74.